The minimum absolute atomic E-state index is 0.0200. The van der Waals surface area contributed by atoms with Crippen LogP contribution in [0.1, 0.15) is 94.1 Å². The number of carbonyl (C=O) groups is 4. The van der Waals surface area contributed by atoms with Crippen LogP contribution in [-0.2, 0) is 38.9 Å². The van der Waals surface area contributed by atoms with Crippen molar-refractivity contribution < 1.29 is 80.9 Å². The summed E-state index contributed by atoms with van der Waals surface area (Å²) in [6.07, 6.45) is -10.6. The molecule has 426 valence electrons. The predicted octanol–water partition coefficient (Wildman–Crippen LogP) is 11.4. The van der Waals surface area contributed by atoms with Crippen molar-refractivity contribution >= 4 is 75.8 Å². The number of rotatable bonds is 25. The maximum absolute atomic E-state index is 15.0. The van der Waals surface area contributed by atoms with Gasteiger partial charge in [-0.2, -0.15) is 26.3 Å². The van der Waals surface area contributed by atoms with E-state index in [0.717, 1.165) is 24.3 Å². The zero-order valence-electron chi connectivity index (χ0n) is 44.1. The number of nitrogen functional groups attached to an aromatic ring is 2. The molecule has 4 amide bonds. The van der Waals surface area contributed by atoms with Crippen LogP contribution in [0.5, 0.6) is 11.5 Å². The summed E-state index contributed by atoms with van der Waals surface area (Å²) >= 11 is 0. The second-order valence-electron chi connectivity index (χ2n) is 16.8. The Labute approximate surface area is 458 Å². The van der Waals surface area contributed by atoms with E-state index in [0.29, 0.717) is 23.5 Å². The lowest BCUT2D eigenvalue weighted by atomic mass is 9.93. The standard InChI is InChI=1S/C54H58F6N6O12Si2/c1-7-71-79(72-8-2,73-9-3)77-47-29-35(17-27-45(47)65-49(67)33-13-19-37(61)20-14-33)51(69)63-39-23-25-41(43(31-39)53(55,56)57)42-26-24-40(32-44(42)54(58,59)60)64-52(70)36-18-28-46(66-50(68)34-15-21-38(62)22-16-34)48(30-36)78-80(74-10-4,75-11-5)76-12-6/h13-32H,7-12,61-62H2,1-6H3,(H,63,69)(H,64,70)(H,65,67)(H,66,68). The number of hydrogen-bond donors (Lipinski definition) is 6. The van der Waals surface area contributed by atoms with Crippen molar-refractivity contribution in [3.8, 4) is 22.6 Å². The van der Waals surface area contributed by atoms with Gasteiger partial charge in [0.2, 0.25) is 0 Å². The second-order valence-corrected chi connectivity index (χ2v) is 20.9. The Morgan fingerprint density at radius 2 is 0.688 bits per heavy atom. The van der Waals surface area contributed by atoms with Gasteiger partial charge in [-0.05, 0) is 162 Å². The molecular weight excluding hydrogens is 1090 g/mol. The first-order valence-electron chi connectivity index (χ1n) is 24.9. The minimum Gasteiger partial charge on any atom is -0.478 e. The fraction of sp³-hybridized carbons (Fsp3) is 0.259. The highest BCUT2D eigenvalue weighted by molar-refractivity contribution is 6.55. The third kappa shape index (κ3) is 15.7. The number of alkyl halides is 6. The monoisotopic (exact) mass is 1150 g/mol. The molecule has 0 aliphatic rings. The van der Waals surface area contributed by atoms with E-state index < -0.39 is 87.7 Å². The van der Waals surface area contributed by atoms with Gasteiger partial charge in [-0.25, -0.2) is 0 Å². The molecule has 0 unspecified atom stereocenters. The molecule has 0 spiro atoms. The largest absolute Gasteiger partial charge is 0.749 e. The lowest BCUT2D eigenvalue weighted by molar-refractivity contribution is -0.139. The molecule has 0 fully saturated rings. The quantitative estimate of drug-likeness (QED) is 0.0178. The molecular formula is C54H58F6N6O12Si2. The molecule has 8 N–H and O–H groups in total. The summed E-state index contributed by atoms with van der Waals surface area (Å²) in [6.45, 7) is 10.3. The van der Waals surface area contributed by atoms with Crippen LogP contribution in [0.15, 0.2) is 121 Å². The topological polar surface area (TPSA) is 242 Å². The summed E-state index contributed by atoms with van der Waals surface area (Å²) in [4.78, 5) is 54.3. The molecule has 0 radical (unpaired) electrons. The number of halogens is 6. The Morgan fingerprint density at radius 3 is 0.975 bits per heavy atom. The van der Waals surface area contributed by atoms with E-state index >= 15 is 0 Å². The molecule has 6 aromatic rings. The first-order valence-corrected chi connectivity index (χ1v) is 28.2. The summed E-state index contributed by atoms with van der Waals surface area (Å²) < 4.78 is 137. The second kappa shape index (κ2) is 26.9. The van der Waals surface area contributed by atoms with Crippen LogP contribution in [0.4, 0.5) is 60.5 Å². The number of nitrogens with two attached hydrogens (primary N) is 2. The van der Waals surface area contributed by atoms with Gasteiger partial charge < -0.3 is 68.1 Å². The van der Waals surface area contributed by atoms with E-state index in [-0.39, 0.29) is 84.8 Å². The number of amides is 4. The third-order valence-corrected chi connectivity index (χ3v) is 16.0. The fourth-order valence-electron chi connectivity index (χ4n) is 7.71. The highest BCUT2D eigenvalue weighted by Crippen LogP contribution is 2.45. The van der Waals surface area contributed by atoms with Crippen LogP contribution in [-0.4, -0.2) is 81.4 Å². The van der Waals surface area contributed by atoms with Crippen LogP contribution in [0, 0.1) is 0 Å². The van der Waals surface area contributed by atoms with Crippen LogP contribution in [0.2, 0.25) is 0 Å². The summed E-state index contributed by atoms with van der Waals surface area (Å²) in [5.74, 6) is -3.54. The van der Waals surface area contributed by atoms with Gasteiger partial charge in [0.15, 0.2) is 0 Å². The minimum atomic E-state index is -5.28. The maximum atomic E-state index is 15.0. The van der Waals surface area contributed by atoms with Crippen molar-refractivity contribution in [3.63, 3.8) is 0 Å². The molecule has 0 atom stereocenters. The van der Waals surface area contributed by atoms with E-state index in [1.165, 1.54) is 84.9 Å². The Kier molecular flexibility index (Phi) is 20.6. The average molecular weight is 1150 g/mol. The van der Waals surface area contributed by atoms with Gasteiger partial charge in [0.1, 0.15) is 11.5 Å². The lowest BCUT2D eigenvalue weighted by Crippen LogP contribution is -2.52. The number of nitrogens with one attached hydrogen (secondary N) is 4. The molecule has 0 heterocycles. The van der Waals surface area contributed by atoms with Gasteiger partial charge in [0.05, 0.1) is 22.5 Å². The third-order valence-electron chi connectivity index (χ3n) is 11.2. The smallest absolute Gasteiger partial charge is 0.478 e. The van der Waals surface area contributed by atoms with Crippen LogP contribution in [0.25, 0.3) is 11.1 Å². The van der Waals surface area contributed by atoms with Gasteiger partial charge in [-0.3, -0.25) is 19.2 Å². The lowest BCUT2D eigenvalue weighted by Gasteiger charge is -2.28. The molecule has 0 aromatic heterocycles. The molecule has 0 bridgehead atoms. The van der Waals surface area contributed by atoms with E-state index in [1.807, 2.05) is 0 Å². The summed E-state index contributed by atoms with van der Waals surface area (Å²) in [6, 6.07) is 23.8. The first-order chi connectivity index (χ1) is 38.0. The van der Waals surface area contributed by atoms with Gasteiger partial charge in [0.25, 0.3) is 23.6 Å². The Bertz CT molecular complexity index is 2910. The maximum Gasteiger partial charge on any atom is 0.749 e. The van der Waals surface area contributed by atoms with Crippen molar-refractivity contribution in [2.75, 3.05) is 72.4 Å². The summed E-state index contributed by atoms with van der Waals surface area (Å²) in [5, 5.41) is 10.1. The zero-order chi connectivity index (χ0) is 58.4. The van der Waals surface area contributed by atoms with Gasteiger partial charge in [-0.1, -0.05) is 12.1 Å². The Balaban J connectivity index is 1.32. The highest BCUT2D eigenvalue weighted by Gasteiger charge is 2.50. The van der Waals surface area contributed by atoms with Crippen molar-refractivity contribution in [2.45, 2.75) is 53.9 Å². The Morgan fingerprint density at radius 1 is 0.400 bits per heavy atom. The molecule has 18 nitrogen and oxygen atoms in total. The van der Waals surface area contributed by atoms with Gasteiger partial charge in [-0.15, -0.1) is 0 Å². The average Bonchev–Trinajstić information content (AvgIpc) is 3.40. The number of anilines is 6. The molecule has 0 aliphatic heterocycles. The Hall–Kier alpha value is -7.83. The number of hydrogen-bond acceptors (Lipinski definition) is 14. The molecule has 0 aliphatic carbocycles. The van der Waals surface area contributed by atoms with Gasteiger partial charge in [0, 0.05) is 84.6 Å². The van der Waals surface area contributed by atoms with Crippen molar-refractivity contribution in [3.05, 3.63) is 155 Å². The van der Waals surface area contributed by atoms with Gasteiger partial charge >= 0.3 is 30.4 Å². The summed E-state index contributed by atoms with van der Waals surface area (Å²) in [5.41, 5.74) is 6.56. The predicted molar refractivity (Wildman–Crippen MR) is 291 cm³/mol. The van der Waals surface area contributed by atoms with E-state index in [2.05, 4.69) is 21.3 Å². The van der Waals surface area contributed by atoms with E-state index in [1.54, 1.807) is 41.5 Å². The van der Waals surface area contributed by atoms with Crippen LogP contribution >= 0.6 is 0 Å². The SMILES string of the molecule is CCO[Si](OCC)(OCC)Oc1cc(C(=O)Nc2ccc(-c3ccc(NC(=O)c4ccc(NC(=O)c5ccc(N)cc5)c(O[Si](OCC)(OCC)OCC)c4)cc3C(F)(F)F)c(C(F)(F)F)c2)ccc1NC(=O)c1ccc(N)cc1. The van der Waals surface area contributed by atoms with Crippen LogP contribution in [0.3, 0.4) is 0 Å². The molecule has 80 heavy (non-hydrogen) atoms. The fourth-order valence-corrected chi connectivity index (χ4v) is 11.6. The molecule has 26 heteroatoms. The van der Waals surface area contributed by atoms with Crippen molar-refractivity contribution in [1.82, 2.24) is 0 Å². The van der Waals surface area contributed by atoms with Crippen molar-refractivity contribution in [1.29, 1.82) is 0 Å². The van der Waals surface area contributed by atoms with Crippen LogP contribution < -0.4 is 41.6 Å². The zero-order valence-corrected chi connectivity index (χ0v) is 46.1. The molecule has 0 saturated carbocycles. The van der Waals surface area contributed by atoms with E-state index in [4.69, 9.17) is 46.9 Å². The first kappa shape index (κ1) is 61.4. The highest BCUT2D eigenvalue weighted by atomic mass is 28.4. The molecule has 6 aromatic carbocycles. The number of benzene rings is 6. The summed E-state index contributed by atoms with van der Waals surface area (Å²) in [7, 11) is -8.08. The number of carbonyl (C=O) groups excluding carboxylic acids is 4. The van der Waals surface area contributed by atoms with Crippen molar-refractivity contribution in [2.24, 2.45) is 0 Å². The molecule has 6 rings (SSSR count). The molecule has 0 saturated heterocycles. The van der Waals surface area contributed by atoms with E-state index in [9.17, 15) is 45.5 Å². The normalized spacial score (nSPS) is 11.9.